The number of phenolic OH excluding ortho intramolecular Hbond substituents is 1. The van der Waals surface area contributed by atoms with Crippen LogP contribution < -0.4 is 0 Å². The van der Waals surface area contributed by atoms with Gasteiger partial charge in [0.15, 0.2) is 5.75 Å². The number of hydrogen-bond donors (Lipinski definition) is 2. The molecule has 7 heteroatoms. The van der Waals surface area contributed by atoms with Gasteiger partial charge < -0.3 is 15.1 Å². The Kier molecular flexibility index (Phi) is 4.00. The van der Waals surface area contributed by atoms with E-state index < -0.39 is 11.0 Å². The summed E-state index contributed by atoms with van der Waals surface area (Å²) in [6.45, 7) is 6.40. The Labute approximate surface area is 128 Å². The van der Waals surface area contributed by atoms with E-state index in [4.69, 9.17) is 0 Å². The van der Waals surface area contributed by atoms with Gasteiger partial charge in [0.25, 0.3) is 0 Å². The van der Waals surface area contributed by atoms with Gasteiger partial charge in [-0.2, -0.15) is 0 Å². The number of carboxylic acid groups (broad SMARTS) is 1. The second-order valence-corrected chi connectivity index (χ2v) is 6.66. The van der Waals surface area contributed by atoms with Crippen LogP contribution in [-0.2, 0) is 6.42 Å². The molecule has 1 aromatic carbocycles. The minimum Gasteiger partial charge on any atom is -0.502 e. The first kappa shape index (κ1) is 16.1. The summed E-state index contributed by atoms with van der Waals surface area (Å²) < 4.78 is 0. The van der Waals surface area contributed by atoms with Gasteiger partial charge in [0.05, 0.1) is 4.92 Å². The molecule has 1 amide bonds. The van der Waals surface area contributed by atoms with Crippen molar-refractivity contribution in [2.24, 2.45) is 5.41 Å². The lowest BCUT2D eigenvalue weighted by molar-refractivity contribution is -0.386. The minimum absolute atomic E-state index is 0.180. The van der Waals surface area contributed by atoms with Gasteiger partial charge in [-0.1, -0.05) is 26.8 Å². The van der Waals surface area contributed by atoms with Crippen molar-refractivity contribution in [1.29, 1.82) is 0 Å². The maximum absolute atomic E-state index is 11.4. The van der Waals surface area contributed by atoms with Crippen molar-refractivity contribution in [2.75, 3.05) is 13.1 Å². The molecule has 7 nitrogen and oxygen atoms in total. The lowest BCUT2D eigenvalue weighted by Crippen LogP contribution is -2.36. The van der Waals surface area contributed by atoms with E-state index >= 15 is 0 Å². The van der Waals surface area contributed by atoms with E-state index in [1.54, 1.807) is 6.07 Å². The Morgan fingerprint density at radius 1 is 1.41 bits per heavy atom. The zero-order valence-electron chi connectivity index (χ0n) is 12.9. The first-order chi connectivity index (χ1) is 10.1. The summed E-state index contributed by atoms with van der Waals surface area (Å²) in [6, 6.07) is 3.01. The van der Waals surface area contributed by atoms with Crippen LogP contribution >= 0.6 is 0 Å². The van der Waals surface area contributed by atoms with Gasteiger partial charge in [0.1, 0.15) is 0 Å². The Morgan fingerprint density at radius 2 is 2.05 bits per heavy atom. The summed E-state index contributed by atoms with van der Waals surface area (Å²) in [5.41, 5.74) is 0.617. The van der Waals surface area contributed by atoms with Gasteiger partial charge in [-0.25, -0.2) is 4.79 Å². The SMILES string of the molecule is CC(C)(C)C1CN(C(=O)O)CCc2c1ccc(O)c2[N+](=O)[O-]. The molecule has 0 saturated heterocycles. The van der Waals surface area contributed by atoms with Crippen LogP contribution in [0.4, 0.5) is 10.5 Å². The number of nitro groups is 1. The number of phenols is 1. The maximum atomic E-state index is 11.4. The molecule has 0 radical (unpaired) electrons. The number of amides is 1. The molecule has 1 aromatic rings. The molecule has 0 fully saturated rings. The van der Waals surface area contributed by atoms with Gasteiger partial charge in [0, 0.05) is 24.6 Å². The van der Waals surface area contributed by atoms with Crippen molar-refractivity contribution >= 4 is 11.8 Å². The average Bonchev–Trinajstić information content (AvgIpc) is 2.56. The number of rotatable bonds is 1. The zero-order valence-corrected chi connectivity index (χ0v) is 12.9. The fourth-order valence-electron chi connectivity index (χ4n) is 3.00. The first-order valence-electron chi connectivity index (χ1n) is 7.10. The minimum atomic E-state index is -1.03. The Balaban J connectivity index is 2.64. The average molecular weight is 308 g/mol. The van der Waals surface area contributed by atoms with Gasteiger partial charge >= 0.3 is 11.8 Å². The molecule has 0 bridgehead atoms. The summed E-state index contributed by atoms with van der Waals surface area (Å²) in [5.74, 6) is -0.555. The highest BCUT2D eigenvalue weighted by Gasteiger charge is 2.37. The van der Waals surface area contributed by atoms with Crippen molar-refractivity contribution in [3.63, 3.8) is 0 Å². The van der Waals surface area contributed by atoms with Crippen molar-refractivity contribution < 1.29 is 19.9 Å². The lowest BCUT2D eigenvalue weighted by atomic mass is 9.75. The van der Waals surface area contributed by atoms with Crippen LogP contribution in [0.3, 0.4) is 0 Å². The van der Waals surface area contributed by atoms with Crippen molar-refractivity contribution in [3.05, 3.63) is 33.4 Å². The molecular weight excluding hydrogens is 288 g/mol. The second-order valence-electron chi connectivity index (χ2n) is 6.66. The summed E-state index contributed by atoms with van der Waals surface area (Å²) >= 11 is 0. The summed E-state index contributed by atoms with van der Waals surface area (Å²) in [5, 5.41) is 30.4. The van der Waals surface area contributed by atoms with Crippen LogP contribution in [0.2, 0.25) is 0 Å². The summed E-state index contributed by atoms with van der Waals surface area (Å²) in [7, 11) is 0. The predicted octanol–water partition coefficient (Wildman–Crippen LogP) is 2.97. The van der Waals surface area contributed by atoms with Gasteiger partial charge in [-0.3, -0.25) is 10.1 Å². The van der Waals surface area contributed by atoms with Gasteiger partial charge in [-0.05, 0) is 23.5 Å². The van der Waals surface area contributed by atoms with E-state index in [2.05, 4.69) is 0 Å². The molecule has 1 heterocycles. The normalized spacial score (nSPS) is 18.5. The van der Waals surface area contributed by atoms with E-state index in [9.17, 15) is 25.1 Å². The molecule has 22 heavy (non-hydrogen) atoms. The Hall–Kier alpha value is -2.31. The summed E-state index contributed by atoms with van der Waals surface area (Å²) in [4.78, 5) is 23.3. The fraction of sp³-hybridized carbons (Fsp3) is 0.533. The number of carbonyl (C=O) groups is 1. The number of nitro benzene ring substituents is 1. The van der Waals surface area contributed by atoms with Crippen molar-refractivity contribution in [3.8, 4) is 5.75 Å². The molecule has 2 rings (SSSR count). The number of nitrogens with zero attached hydrogens (tertiary/aromatic N) is 2. The highest BCUT2D eigenvalue weighted by molar-refractivity contribution is 5.66. The molecule has 0 aliphatic carbocycles. The van der Waals surface area contributed by atoms with Crippen LogP contribution in [0, 0.1) is 15.5 Å². The van der Waals surface area contributed by atoms with Crippen LogP contribution in [-0.4, -0.2) is 39.2 Å². The Morgan fingerprint density at radius 3 is 2.55 bits per heavy atom. The first-order valence-corrected chi connectivity index (χ1v) is 7.10. The third-order valence-electron chi connectivity index (χ3n) is 4.21. The number of hydrogen-bond acceptors (Lipinski definition) is 4. The molecule has 1 aliphatic heterocycles. The predicted molar refractivity (Wildman–Crippen MR) is 80.3 cm³/mol. The lowest BCUT2D eigenvalue weighted by Gasteiger charge is -2.33. The fourth-order valence-corrected chi connectivity index (χ4v) is 3.00. The van der Waals surface area contributed by atoms with E-state index in [-0.39, 0.29) is 42.3 Å². The highest BCUT2D eigenvalue weighted by atomic mass is 16.6. The molecule has 1 unspecified atom stereocenters. The second kappa shape index (κ2) is 5.47. The van der Waals surface area contributed by atoms with Crippen molar-refractivity contribution in [2.45, 2.75) is 33.1 Å². The molecule has 120 valence electrons. The molecule has 2 N–H and O–H groups in total. The van der Waals surface area contributed by atoms with Crippen LogP contribution in [0.25, 0.3) is 0 Å². The van der Waals surface area contributed by atoms with Crippen LogP contribution in [0.15, 0.2) is 12.1 Å². The van der Waals surface area contributed by atoms with Gasteiger partial charge in [0.2, 0.25) is 0 Å². The quantitative estimate of drug-likeness (QED) is 0.613. The smallest absolute Gasteiger partial charge is 0.407 e. The largest absolute Gasteiger partial charge is 0.502 e. The van der Waals surface area contributed by atoms with E-state index in [1.165, 1.54) is 11.0 Å². The third kappa shape index (κ3) is 2.84. The monoisotopic (exact) mass is 308 g/mol. The zero-order chi connectivity index (χ0) is 16.7. The summed E-state index contributed by atoms with van der Waals surface area (Å²) in [6.07, 6.45) is -0.812. The molecule has 0 aromatic heterocycles. The molecule has 1 aliphatic rings. The number of aromatic hydroxyl groups is 1. The van der Waals surface area contributed by atoms with Crippen LogP contribution in [0.1, 0.15) is 37.8 Å². The van der Waals surface area contributed by atoms with E-state index in [0.717, 1.165) is 5.56 Å². The Bertz CT molecular complexity index is 621. The molecule has 1 atom stereocenters. The van der Waals surface area contributed by atoms with Crippen LogP contribution in [0.5, 0.6) is 5.75 Å². The molecule has 0 spiro atoms. The van der Waals surface area contributed by atoms with Crippen molar-refractivity contribution in [1.82, 2.24) is 4.90 Å². The molecule has 0 saturated carbocycles. The number of benzene rings is 1. The van der Waals surface area contributed by atoms with E-state index in [1.807, 2.05) is 20.8 Å². The third-order valence-corrected chi connectivity index (χ3v) is 4.21. The molecular formula is C15H20N2O5. The number of fused-ring (bicyclic) bond motifs is 1. The van der Waals surface area contributed by atoms with E-state index in [0.29, 0.717) is 5.56 Å². The standard InChI is InChI=1S/C15H20N2O5/c1-15(2,3)11-8-16(14(19)20)7-6-10-9(11)4-5-12(18)13(10)17(21)22/h4-5,11,18H,6-8H2,1-3H3,(H,19,20). The maximum Gasteiger partial charge on any atom is 0.407 e. The highest BCUT2D eigenvalue weighted by Crippen LogP contribution is 2.44. The topological polar surface area (TPSA) is 104 Å². The van der Waals surface area contributed by atoms with Gasteiger partial charge in [-0.15, -0.1) is 0 Å².